The predicted octanol–water partition coefficient (Wildman–Crippen LogP) is 1.17. The number of halogens is 1. The molecule has 1 N–H and O–H groups in total. The number of hydrogen-bond acceptors (Lipinski definition) is 5. The van der Waals surface area contributed by atoms with Crippen molar-refractivity contribution in [2.75, 3.05) is 31.6 Å². The fourth-order valence-electron chi connectivity index (χ4n) is 2.77. The smallest absolute Gasteiger partial charge is 0.274 e. The quantitative estimate of drug-likeness (QED) is 0.840. The molecule has 3 heterocycles. The Labute approximate surface area is 155 Å². The number of aryl methyl sites for hydroxylation is 2. The maximum atomic E-state index is 12.9. The van der Waals surface area contributed by atoms with Crippen molar-refractivity contribution in [2.24, 2.45) is 0 Å². The number of rotatable bonds is 5. The van der Waals surface area contributed by atoms with Crippen molar-refractivity contribution in [1.29, 1.82) is 0 Å². The molecule has 140 valence electrons. The van der Waals surface area contributed by atoms with Crippen LogP contribution in [0.2, 0.25) is 5.02 Å². The van der Waals surface area contributed by atoms with E-state index < -0.39 is 0 Å². The molecule has 0 spiro atoms. The molecule has 10 heteroatoms. The fourth-order valence-corrected chi connectivity index (χ4v) is 2.92. The third kappa shape index (κ3) is 3.88. The van der Waals surface area contributed by atoms with Gasteiger partial charge in [0.15, 0.2) is 0 Å². The highest BCUT2D eigenvalue weighted by molar-refractivity contribution is 6.31. The lowest BCUT2D eigenvalue weighted by Gasteiger charge is -2.27. The minimum absolute atomic E-state index is 0.00392. The van der Waals surface area contributed by atoms with Crippen LogP contribution in [0.3, 0.4) is 0 Å². The van der Waals surface area contributed by atoms with Crippen LogP contribution < -0.4 is 5.32 Å². The van der Waals surface area contributed by atoms with Gasteiger partial charge in [0.2, 0.25) is 5.91 Å². The third-order valence-corrected chi connectivity index (χ3v) is 4.48. The van der Waals surface area contributed by atoms with Crippen molar-refractivity contribution in [3.05, 3.63) is 28.8 Å². The predicted molar refractivity (Wildman–Crippen MR) is 95.2 cm³/mol. The van der Waals surface area contributed by atoms with Gasteiger partial charge in [0.25, 0.3) is 5.91 Å². The molecule has 1 aliphatic heterocycles. The fraction of sp³-hybridized carbons (Fsp3) is 0.500. The van der Waals surface area contributed by atoms with Crippen LogP contribution in [-0.4, -0.2) is 62.6 Å². The number of ether oxygens (including phenoxy) is 1. The summed E-state index contributed by atoms with van der Waals surface area (Å²) in [5.74, 6) is -0.475. The first-order chi connectivity index (χ1) is 12.5. The van der Waals surface area contributed by atoms with Crippen molar-refractivity contribution in [1.82, 2.24) is 24.5 Å². The standard InChI is InChI=1S/C16H21ClN6O3/c1-3-23-15(16(25)21-4-6-26-7-5-21)13(8-18-23)19-14(24)10-22-9-12(17)11(2)20-22/h8-9H,3-7,10H2,1-2H3,(H,19,24). The Morgan fingerprint density at radius 3 is 2.69 bits per heavy atom. The summed E-state index contributed by atoms with van der Waals surface area (Å²) in [5, 5.41) is 11.6. The van der Waals surface area contributed by atoms with Gasteiger partial charge < -0.3 is 15.0 Å². The summed E-state index contributed by atoms with van der Waals surface area (Å²) in [6, 6.07) is 0. The Hall–Kier alpha value is -2.39. The Bertz CT molecular complexity index is 790. The maximum Gasteiger partial charge on any atom is 0.274 e. The number of nitrogens with zero attached hydrogens (tertiary/aromatic N) is 5. The molecule has 0 atom stereocenters. The number of hydrogen-bond donors (Lipinski definition) is 1. The Kier molecular flexibility index (Phi) is 5.58. The summed E-state index contributed by atoms with van der Waals surface area (Å²) < 4.78 is 8.33. The van der Waals surface area contributed by atoms with Crippen LogP contribution in [0.4, 0.5) is 5.69 Å². The molecule has 0 radical (unpaired) electrons. The van der Waals surface area contributed by atoms with E-state index in [2.05, 4.69) is 15.5 Å². The highest BCUT2D eigenvalue weighted by Gasteiger charge is 2.26. The minimum atomic E-state index is -0.309. The number of anilines is 1. The number of nitrogens with one attached hydrogen (secondary N) is 1. The molecule has 0 unspecified atom stereocenters. The average Bonchev–Trinajstić information content (AvgIpc) is 3.17. The van der Waals surface area contributed by atoms with Crippen molar-refractivity contribution in [3.63, 3.8) is 0 Å². The van der Waals surface area contributed by atoms with Crippen LogP contribution in [0.1, 0.15) is 23.1 Å². The summed E-state index contributed by atoms with van der Waals surface area (Å²) >= 11 is 5.96. The zero-order valence-electron chi connectivity index (χ0n) is 14.7. The molecular formula is C16H21ClN6O3. The molecule has 3 rings (SSSR count). The normalized spacial score (nSPS) is 14.5. The second kappa shape index (κ2) is 7.88. The molecule has 1 saturated heterocycles. The molecule has 1 aliphatic rings. The van der Waals surface area contributed by atoms with Crippen LogP contribution in [0.15, 0.2) is 12.4 Å². The summed E-state index contributed by atoms with van der Waals surface area (Å²) in [5.41, 5.74) is 1.42. The van der Waals surface area contributed by atoms with Gasteiger partial charge in [-0.2, -0.15) is 10.2 Å². The highest BCUT2D eigenvalue weighted by Crippen LogP contribution is 2.19. The van der Waals surface area contributed by atoms with Crippen LogP contribution >= 0.6 is 11.6 Å². The van der Waals surface area contributed by atoms with Gasteiger partial charge in [-0.25, -0.2) is 0 Å². The highest BCUT2D eigenvalue weighted by atomic mass is 35.5. The Morgan fingerprint density at radius 1 is 1.35 bits per heavy atom. The first-order valence-electron chi connectivity index (χ1n) is 8.41. The second-order valence-corrected chi connectivity index (χ2v) is 6.34. The van der Waals surface area contributed by atoms with Gasteiger partial charge in [-0.15, -0.1) is 0 Å². The molecule has 0 bridgehead atoms. The van der Waals surface area contributed by atoms with E-state index >= 15 is 0 Å². The second-order valence-electron chi connectivity index (χ2n) is 5.94. The van der Waals surface area contributed by atoms with Crippen LogP contribution in [-0.2, 0) is 22.6 Å². The van der Waals surface area contributed by atoms with E-state index in [0.717, 1.165) is 0 Å². The molecule has 0 aromatic carbocycles. The molecule has 0 saturated carbocycles. The first-order valence-corrected chi connectivity index (χ1v) is 8.79. The average molecular weight is 381 g/mol. The Morgan fingerprint density at radius 2 is 2.08 bits per heavy atom. The van der Waals surface area contributed by atoms with Crippen molar-refractivity contribution < 1.29 is 14.3 Å². The number of carbonyl (C=O) groups excluding carboxylic acids is 2. The van der Waals surface area contributed by atoms with E-state index in [9.17, 15) is 9.59 Å². The molecule has 2 aromatic heterocycles. The molecule has 9 nitrogen and oxygen atoms in total. The van der Waals surface area contributed by atoms with Gasteiger partial charge in [-0.1, -0.05) is 11.6 Å². The summed E-state index contributed by atoms with van der Waals surface area (Å²) in [6.07, 6.45) is 3.09. The van der Waals surface area contributed by atoms with Crippen molar-refractivity contribution in [2.45, 2.75) is 26.9 Å². The summed E-state index contributed by atoms with van der Waals surface area (Å²) in [6.45, 7) is 6.23. The van der Waals surface area contributed by atoms with Gasteiger partial charge in [0, 0.05) is 25.8 Å². The number of aromatic nitrogens is 4. The van der Waals surface area contributed by atoms with Crippen LogP contribution in [0.25, 0.3) is 0 Å². The van der Waals surface area contributed by atoms with Crippen LogP contribution in [0, 0.1) is 6.92 Å². The van der Waals surface area contributed by atoms with Crippen molar-refractivity contribution >= 4 is 29.1 Å². The van der Waals surface area contributed by atoms with Gasteiger partial charge >= 0.3 is 0 Å². The molecule has 2 amide bonds. The number of carbonyl (C=O) groups is 2. The zero-order chi connectivity index (χ0) is 18.7. The number of morpholine rings is 1. The van der Waals surface area contributed by atoms with Crippen molar-refractivity contribution in [3.8, 4) is 0 Å². The van der Waals surface area contributed by atoms with E-state index in [1.54, 1.807) is 22.7 Å². The number of amides is 2. The lowest BCUT2D eigenvalue weighted by Crippen LogP contribution is -2.41. The summed E-state index contributed by atoms with van der Waals surface area (Å²) in [7, 11) is 0. The Balaban J connectivity index is 1.76. The molecule has 2 aromatic rings. The third-order valence-electron chi connectivity index (χ3n) is 4.11. The molecular weight excluding hydrogens is 360 g/mol. The minimum Gasteiger partial charge on any atom is -0.378 e. The van der Waals surface area contributed by atoms with E-state index in [0.29, 0.717) is 54.9 Å². The lowest BCUT2D eigenvalue weighted by atomic mass is 10.2. The lowest BCUT2D eigenvalue weighted by molar-refractivity contribution is -0.116. The van der Waals surface area contributed by atoms with E-state index in [1.165, 1.54) is 10.9 Å². The molecule has 1 fully saturated rings. The monoisotopic (exact) mass is 380 g/mol. The maximum absolute atomic E-state index is 12.9. The van der Waals surface area contributed by atoms with E-state index in [1.807, 2.05) is 6.92 Å². The van der Waals surface area contributed by atoms with E-state index in [4.69, 9.17) is 16.3 Å². The molecule has 26 heavy (non-hydrogen) atoms. The topological polar surface area (TPSA) is 94.3 Å². The van der Waals surface area contributed by atoms with Gasteiger partial charge in [0.1, 0.15) is 12.2 Å². The van der Waals surface area contributed by atoms with E-state index in [-0.39, 0.29) is 18.4 Å². The summed E-state index contributed by atoms with van der Waals surface area (Å²) in [4.78, 5) is 26.9. The largest absolute Gasteiger partial charge is 0.378 e. The first kappa shape index (κ1) is 18.4. The molecule has 0 aliphatic carbocycles. The zero-order valence-corrected chi connectivity index (χ0v) is 15.5. The van der Waals surface area contributed by atoms with Gasteiger partial charge in [-0.3, -0.25) is 19.0 Å². The van der Waals surface area contributed by atoms with Gasteiger partial charge in [-0.05, 0) is 13.8 Å². The van der Waals surface area contributed by atoms with Crippen LogP contribution in [0.5, 0.6) is 0 Å². The SMILES string of the molecule is CCn1ncc(NC(=O)Cn2cc(Cl)c(C)n2)c1C(=O)N1CCOCC1. The van der Waals surface area contributed by atoms with Gasteiger partial charge in [0.05, 0.1) is 35.8 Å².